The highest BCUT2D eigenvalue weighted by atomic mass is 79.9. The molecule has 0 N–H and O–H groups in total. The number of hydrogen-bond donors (Lipinski definition) is 0. The first-order chi connectivity index (χ1) is 11.7. The van der Waals surface area contributed by atoms with Crippen LogP contribution >= 0.6 is 15.9 Å². The molecule has 0 aliphatic carbocycles. The Morgan fingerprint density at radius 3 is 2.54 bits per heavy atom. The van der Waals surface area contributed by atoms with E-state index in [2.05, 4.69) is 26.9 Å². The van der Waals surface area contributed by atoms with Crippen LogP contribution in [0.3, 0.4) is 0 Å². The summed E-state index contributed by atoms with van der Waals surface area (Å²) in [6, 6.07) is 17.6. The van der Waals surface area contributed by atoms with Crippen molar-refractivity contribution in [1.82, 2.24) is 4.90 Å². The van der Waals surface area contributed by atoms with E-state index in [0.717, 1.165) is 28.8 Å². The topological polar surface area (TPSA) is 47.3 Å². The molecule has 0 bridgehead atoms. The van der Waals surface area contributed by atoms with E-state index >= 15 is 0 Å². The summed E-state index contributed by atoms with van der Waals surface area (Å²) in [6.07, 6.45) is 0.422. The SMILES string of the molecule is N#Cc1cccc(N2CCN(C(=O)Cc3ccccc3Br)CC2)c1. The van der Waals surface area contributed by atoms with Crippen molar-refractivity contribution in [2.75, 3.05) is 31.1 Å². The van der Waals surface area contributed by atoms with Gasteiger partial charge in [0.1, 0.15) is 0 Å². The molecule has 122 valence electrons. The molecule has 1 aliphatic rings. The summed E-state index contributed by atoms with van der Waals surface area (Å²) in [5.74, 6) is 0.160. The lowest BCUT2D eigenvalue weighted by Crippen LogP contribution is -2.49. The first-order valence-electron chi connectivity index (χ1n) is 7.93. The average molecular weight is 384 g/mol. The maximum absolute atomic E-state index is 12.5. The molecule has 3 rings (SSSR count). The maximum Gasteiger partial charge on any atom is 0.227 e. The Morgan fingerprint density at radius 2 is 1.83 bits per heavy atom. The van der Waals surface area contributed by atoms with Gasteiger partial charge >= 0.3 is 0 Å². The van der Waals surface area contributed by atoms with Crippen LogP contribution in [0.25, 0.3) is 0 Å². The first kappa shape index (κ1) is 16.5. The third-order valence-corrected chi connectivity index (χ3v) is 5.05. The molecule has 1 fully saturated rings. The van der Waals surface area contributed by atoms with Crippen LogP contribution in [0.15, 0.2) is 53.0 Å². The molecule has 4 nitrogen and oxygen atoms in total. The van der Waals surface area contributed by atoms with E-state index in [-0.39, 0.29) is 5.91 Å². The molecule has 1 saturated heterocycles. The Balaban J connectivity index is 1.59. The summed E-state index contributed by atoms with van der Waals surface area (Å²) >= 11 is 3.50. The maximum atomic E-state index is 12.5. The summed E-state index contributed by atoms with van der Waals surface area (Å²) in [5, 5.41) is 9.01. The van der Waals surface area contributed by atoms with E-state index < -0.39 is 0 Å². The van der Waals surface area contributed by atoms with E-state index in [4.69, 9.17) is 5.26 Å². The minimum atomic E-state index is 0.160. The third kappa shape index (κ3) is 3.77. The monoisotopic (exact) mass is 383 g/mol. The van der Waals surface area contributed by atoms with Crippen LogP contribution in [-0.4, -0.2) is 37.0 Å². The van der Waals surface area contributed by atoms with Gasteiger partial charge in [0.05, 0.1) is 18.1 Å². The molecule has 0 spiro atoms. The van der Waals surface area contributed by atoms with E-state index in [9.17, 15) is 4.79 Å². The van der Waals surface area contributed by atoms with E-state index in [1.165, 1.54) is 0 Å². The third-order valence-electron chi connectivity index (χ3n) is 4.27. The van der Waals surface area contributed by atoms with Gasteiger partial charge in [-0.2, -0.15) is 5.26 Å². The zero-order valence-electron chi connectivity index (χ0n) is 13.3. The Bertz CT molecular complexity index is 776. The summed E-state index contributed by atoms with van der Waals surface area (Å²) in [5.41, 5.74) is 2.73. The smallest absolute Gasteiger partial charge is 0.227 e. The van der Waals surface area contributed by atoms with Crippen molar-refractivity contribution >= 4 is 27.5 Å². The van der Waals surface area contributed by atoms with Crippen molar-refractivity contribution in [2.24, 2.45) is 0 Å². The predicted molar refractivity (Wildman–Crippen MR) is 97.8 cm³/mol. The number of amides is 1. The van der Waals surface area contributed by atoms with Crippen LogP contribution in [0.2, 0.25) is 0 Å². The lowest BCUT2D eigenvalue weighted by atomic mass is 10.1. The van der Waals surface area contributed by atoms with Crippen LogP contribution in [0.5, 0.6) is 0 Å². The van der Waals surface area contributed by atoms with Crippen LogP contribution in [0.1, 0.15) is 11.1 Å². The van der Waals surface area contributed by atoms with Crippen LogP contribution in [0.4, 0.5) is 5.69 Å². The van der Waals surface area contributed by atoms with Gasteiger partial charge < -0.3 is 9.80 Å². The molecular formula is C19H18BrN3O. The molecule has 0 atom stereocenters. The number of rotatable bonds is 3. The Morgan fingerprint density at radius 1 is 1.08 bits per heavy atom. The fourth-order valence-corrected chi connectivity index (χ4v) is 3.33. The quantitative estimate of drug-likeness (QED) is 0.817. The van der Waals surface area contributed by atoms with Gasteiger partial charge in [-0.3, -0.25) is 4.79 Å². The van der Waals surface area contributed by atoms with E-state index in [0.29, 0.717) is 25.1 Å². The second-order valence-electron chi connectivity index (χ2n) is 5.80. The first-order valence-corrected chi connectivity index (χ1v) is 8.73. The molecule has 1 aliphatic heterocycles. The van der Waals surface area contributed by atoms with Crippen LogP contribution < -0.4 is 4.90 Å². The van der Waals surface area contributed by atoms with Gasteiger partial charge in [-0.25, -0.2) is 0 Å². The summed E-state index contributed by atoms with van der Waals surface area (Å²) in [7, 11) is 0. The fourth-order valence-electron chi connectivity index (χ4n) is 2.90. The van der Waals surface area contributed by atoms with E-state index in [1.54, 1.807) is 6.07 Å². The zero-order chi connectivity index (χ0) is 16.9. The molecule has 1 heterocycles. The molecule has 2 aromatic rings. The lowest BCUT2D eigenvalue weighted by Gasteiger charge is -2.36. The summed E-state index contributed by atoms with van der Waals surface area (Å²) in [4.78, 5) is 16.7. The van der Waals surface area contributed by atoms with Gasteiger partial charge in [-0.1, -0.05) is 40.2 Å². The number of piperazine rings is 1. The molecular weight excluding hydrogens is 366 g/mol. The van der Waals surface area contributed by atoms with Crippen molar-refractivity contribution < 1.29 is 4.79 Å². The number of carbonyl (C=O) groups is 1. The van der Waals surface area contributed by atoms with Crippen molar-refractivity contribution in [2.45, 2.75) is 6.42 Å². The Kier molecular flexibility index (Phi) is 5.17. The average Bonchev–Trinajstić information content (AvgIpc) is 2.64. The van der Waals surface area contributed by atoms with Gasteiger partial charge in [-0.05, 0) is 29.8 Å². The molecule has 0 unspecified atom stereocenters. The second kappa shape index (κ2) is 7.50. The van der Waals surface area contributed by atoms with Gasteiger partial charge in [0, 0.05) is 36.3 Å². The predicted octanol–water partition coefficient (Wildman–Crippen LogP) is 3.21. The highest BCUT2D eigenvalue weighted by Crippen LogP contribution is 2.20. The molecule has 1 amide bonds. The Hall–Kier alpha value is -2.32. The molecule has 24 heavy (non-hydrogen) atoms. The highest BCUT2D eigenvalue weighted by molar-refractivity contribution is 9.10. The number of nitriles is 1. The molecule has 2 aromatic carbocycles. The van der Waals surface area contributed by atoms with Crippen LogP contribution in [0, 0.1) is 11.3 Å². The number of benzene rings is 2. The van der Waals surface area contributed by atoms with Gasteiger partial charge in [0.2, 0.25) is 5.91 Å². The van der Waals surface area contributed by atoms with Gasteiger partial charge in [-0.15, -0.1) is 0 Å². The normalized spacial score (nSPS) is 14.3. The number of anilines is 1. The largest absolute Gasteiger partial charge is 0.368 e. The number of hydrogen-bond acceptors (Lipinski definition) is 3. The lowest BCUT2D eigenvalue weighted by molar-refractivity contribution is -0.130. The van der Waals surface area contributed by atoms with Crippen molar-refractivity contribution in [3.05, 3.63) is 64.1 Å². The molecule has 0 aromatic heterocycles. The summed E-state index contributed by atoms with van der Waals surface area (Å²) < 4.78 is 0.977. The van der Waals surface area contributed by atoms with Gasteiger partial charge in [0.15, 0.2) is 0 Å². The molecule has 0 saturated carbocycles. The fraction of sp³-hybridized carbons (Fsp3) is 0.263. The molecule has 5 heteroatoms. The zero-order valence-corrected chi connectivity index (χ0v) is 14.9. The van der Waals surface area contributed by atoms with Gasteiger partial charge in [0.25, 0.3) is 0 Å². The minimum absolute atomic E-state index is 0.160. The second-order valence-corrected chi connectivity index (χ2v) is 6.65. The molecule has 0 radical (unpaired) electrons. The van der Waals surface area contributed by atoms with Crippen molar-refractivity contribution in [3.8, 4) is 6.07 Å². The van der Waals surface area contributed by atoms with Crippen molar-refractivity contribution in [3.63, 3.8) is 0 Å². The van der Waals surface area contributed by atoms with E-state index in [1.807, 2.05) is 47.4 Å². The van der Waals surface area contributed by atoms with Crippen LogP contribution in [-0.2, 0) is 11.2 Å². The highest BCUT2D eigenvalue weighted by Gasteiger charge is 2.22. The Labute approximate surface area is 150 Å². The minimum Gasteiger partial charge on any atom is -0.368 e. The standard InChI is InChI=1S/C19H18BrN3O/c20-18-7-2-1-5-16(18)13-19(24)23-10-8-22(9-11-23)17-6-3-4-15(12-17)14-21/h1-7,12H,8-11,13H2. The number of halogens is 1. The summed E-state index contributed by atoms with van der Waals surface area (Å²) in [6.45, 7) is 2.99. The number of carbonyl (C=O) groups excluding carboxylic acids is 1. The number of nitrogens with zero attached hydrogens (tertiary/aromatic N) is 3. The van der Waals surface area contributed by atoms with Crippen molar-refractivity contribution in [1.29, 1.82) is 5.26 Å².